The van der Waals surface area contributed by atoms with Crippen LogP contribution in [0.4, 0.5) is 8.78 Å². The molecule has 0 aliphatic carbocycles. The highest BCUT2D eigenvalue weighted by Gasteiger charge is 2.28. The second-order valence-corrected chi connectivity index (χ2v) is 10.7. The van der Waals surface area contributed by atoms with E-state index in [-0.39, 0.29) is 17.6 Å². The Balaban J connectivity index is 1.68. The number of ether oxygens (including phenoxy) is 2. The van der Waals surface area contributed by atoms with Gasteiger partial charge >= 0.3 is 12.6 Å². The molecule has 146 valence electrons. The first-order chi connectivity index (χ1) is 12.6. The third-order valence-corrected chi connectivity index (χ3v) is 8.69. The van der Waals surface area contributed by atoms with Gasteiger partial charge in [0.2, 0.25) is 0 Å². The summed E-state index contributed by atoms with van der Waals surface area (Å²) < 4.78 is 34.0. The van der Waals surface area contributed by atoms with Crippen LogP contribution in [0.25, 0.3) is 0 Å². The standard InChI is InChI=1S/C20H30F2O3Si/c1-2-3-4-5-6-13-26-14-11-16(12-15-26)19(23)24-17-7-9-18(10-8-17)25-20(21)22/h7-10,16,20,26H,2-6,11-15H2,1H3/t16-,26-. The summed E-state index contributed by atoms with van der Waals surface area (Å²) in [5.41, 5.74) is 0. The van der Waals surface area contributed by atoms with Gasteiger partial charge in [0.15, 0.2) is 0 Å². The second-order valence-electron chi connectivity index (χ2n) is 7.19. The summed E-state index contributed by atoms with van der Waals surface area (Å²) in [7, 11) is -0.659. The summed E-state index contributed by atoms with van der Waals surface area (Å²) in [5.74, 6) is 0.232. The van der Waals surface area contributed by atoms with E-state index in [1.807, 2.05) is 0 Å². The van der Waals surface area contributed by atoms with Gasteiger partial charge in [-0.1, -0.05) is 57.2 Å². The Morgan fingerprint density at radius 2 is 1.69 bits per heavy atom. The maximum atomic E-state index is 12.3. The fourth-order valence-corrected chi connectivity index (χ4v) is 7.09. The first kappa shape index (κ1) is 20.9. The van der Waals surface area contributed by atoms with Crippen LogP contribution in [0.15, 0.2) is 24.3 Å². The molecule has 0 saturated carbocycles. The normalized spacial score (nSPS) is 20.2. The zero-order chi connectivity index (χ0) is 18.8. The van der Waals surface area contributed by atoms with Crippen LogP contribution in [0, 0.1) is 5.92 Å². The van der Waals surface area contributed by atoms with Gasteiger partial charge in [0.05, 0.1) is 5.92 Å². The molecule has 1 fully saturated rings. The van der Waals surface area contributed by atoms with Crippen LogP contribution >= 0.6 is 0 Å². The number of hydrogen-bond acceptors (Lipinski definition) is 3. The highest BCUT2D eigenvalue weighted by atomic mass is 28.3. The predicted octanol–water partition coefficient (Wildman–Crippen LogP) is 5.80. The van der Waals surface area contributed by atoms with Gasteiger partial charge in [-0.15, -0.1) is 0 Å². The van der Waals surface area contributed by atoms with Crippen molar-refractivity contribution in [1.82, 2.24) is 0 Å². The van der Waals surface area contributed by atoms with Crippen molar-refractivity contribution in [2.24, 2.45) is 5.92 Å². The highest BCUT2D eigenvalue weighted by molar-refractivity contribution is 6.59. The fourth-order valence-electron chi connectivity index (χ4n) is 3.61. The van der Waals surface area contributed by atoms with Crippen molar-refractivity contribution < 1.29 is 23.0 Å². The fraction of sp³-hybridized carbons (Fsp3) is 0.650. The monoisotopic (exact) mass is 384 g/mol. The van der Waals surface area contributed by atoms with E-state index < -0.39 is 15.4 Å². The van der Waals surface area contributed by atoms with E-state index in [1.54, 1.807) is 0 Å². The van der Waals surface area contributed by atoms with Crippen molar-refractivity contribution in [1.29, 1.82) is 0 Å². The molecule has 0 bridgehead atoms. The summed E-state index contributed by atoms with van der Waals surface area (Å²) in [5, 5.41) is 0. The largest absolute Gasteiger partial charge is 0.435 e. The van der Waals surface area contributed by atoms with Gasteiger partial charge in [0.1, 0.15) is 11.5 Å². The molecule has 0 radical (unpaired) electrons. The molecule has 1 saturated heterocycles. The average Bonchev–Trinajstić information content (AvgIpc) is 2.63. The average molecular weight is 385 g/mol. The first-order valence-corrected chi connectivity index (χ1v) is 12.3. The Morgan fingerprint density at radius 3 is 2.31 bits per heavy atom. The highest BCUT2D eigenvalue weighted by Crippen LogP contribution is 2.30. The minimum absolute atomic E-state index is 0.0177. The third kappa shape index (κ3) is 7.44. The molecule has 2 rings (SSSR count). The molecule has 1 aromatic rings. The number of hydrogen-bond donors (Lipinski definition) is 0. The zero-order valence-electron chi connectivity index (χ0n) is 15.6. The summed E-state index contributed by atoms with van der Waals surface area (Å²) in [6.45, 7) is -0.616. The van der Waals surface area contributed by atoms with Crippen LogP contribution in [0.1, 0.15) is 51.9 Å². The van der Waals surface area contributed by atoms with Gasteiger partial charge in [-0.25, -0.2) is 0 Å². The number of carbonyl (C=O) groups is 1. The Bertz CT molecular complexity index is 528. The van der Waals surface area contributed by atoms with Crippen LogP contribution in [0.3, 0.4) is 0 Å². The van der Waals surface area contributed by atoms with E-state index in [4.69, 9.17) is 4.74 Å². The van der Waals surface area contributed by atoms with Crippen LogP contribution < -0.4 is 9.47 Å². The lowest BCUT2D eigenvalue weighted by molar-refractivity contribution is -0.139. The molecule has 0 spiro atoms. The minimum atomic E-state index is -2.85. The van der Waals surface area contributed by atoms with Crippen LogP contribution in [-0.4, -0.2) is 21.4 Å². The van der Waals surface area contributed by atoms with Gasteiger partial charge in [0, 0.05) is 8.80 Å². The number of alkyl halides is 2. The molecule has 1 aromatic carbocycles. The van der Waals surface area contributed by atoms with Crippen LogP contribution in [0.5, 0.6) is 11.5 Å². The van der Waals surface area contributed by atoms with Crippen molar-refractivity contribution in [3.63, 3.8) is 0 Å². The molecular formula is C20H30F2O3Si. The van der Waals surface area contributed by atoms with E-state index in [0.29, 0.717) is 5.75 Å². The smallest absolute Gasteiger partial charge is 0.387 e. The lowest BCUT2D eigenvalue weighted by atomic mass is 10.0. The Hall–Kier alpha value is -1.43. The number of esters is 1. The van der Waals surface area contributed by atoms with Gasteiger partial charge in [0.25, 0.3) is 0 Å². The van der Waals surface area contributed by atoms with E-state index >= 15 is 0 Å². The molecule has 0 unspecified atom stereocenters. The SMILES string of the molecule is CCCCCCC[Si@H]1CC[C@H](C(=O)Oc2ccc(OC(F)F)cc2)CC1. The van der Waals surface area contributed by atoms with Crippen molar-refractivity contribution in [3.8, 4) is 11.5 Å². The lowest BCUT2D eigenvalue weighted by Crippen LogP contribution is -2.28. The molecule has 0 atom stereocenters. The number of benzene rings is 1. The zero-order valence-corrected chi connectivity index (χ0v) is 16.7. The number of halogens is 2. The van der Waals surface area contributed by atoms with Gasteiger partial charge in [-0.3, -0.25) is 4.79 Å². The maximum Gasteiger partial charge on any atom is 0.387 e. The lowest BCUT2D eigenvalue weighted by Gasteiger charge is -2.26. The summed E-state index contributed by atoms with van der Waals surface area (Å²) in [4.78, 5) is 12.3. The third-order valence-electron chi connectivity index (χ3n) is 5.16. The minimum Gasteiger partial charge on any atom is -0.435 e. The molecule has 1 heterocycles. The summed E-state index contributed by atoms with van der Waals surface area (Å²) in [6, 6.07) is 9.63. The maximum absolute atomic E-state index is 12.3. The van der Waals surface area contributed by atoms with Gasteiger partial charge in [-0.05, 0) is 37.1 Å². The Labute approximate surface area is 156 Å². The molecule has 0 N–H and O–H groups in total. The molecular weight excluding hydrogens is 354 g/mol. The number of unbranched alkanes of at least 4 members (excludes halogenated alkanes) is 4. The number of carbonyl (C=O) groups excluding carboxylic acids is 1. The van der Waals surface area contributed by atoms with Crippen LogP contribution in [-0.2, 0) is 4.79 Å². The molecule has 1 aliphatic rings. The van der Waals surface area contributed by atoms with E-state index in [2.05, 4.69) is 11.7 Å². The molecule has 1 aliphatic heterocycles. The topological polar surface area (TPSA) is 35.5 Å². The Morgan fingerprint density at radius 1 is 1.08 bits per heavy atom. The molecule has 26 heavy (non-hydrogen) atoms. The molecule has 0 aromatic heterocycles. The van der Waals surface area contributed by atoms with Crippen molar-refractivity contribution in [2.45, 2.75) is 76.6 Å². The van der Waals surface area contributed by atoms with E-state index in [0.717, 1.165) is 12.8 Å². The molecule has 0 amide bonds. The van der Waals surface area contributed by atoms with Crippen molar-refractivity contribution in [3.05, 3.63) is 24.3 Å². The number of rotatable bonds is 10. The molecule has 6 heteroatoms. The van der Waals surface area contributed by atoms with E-state index in [1.165, 1.54) is 74.5 Å². The molecule has 3 nitrogen and oxygen atoms in total. The Kier molecular flexibility index (Phi) is 9.08. The quantitative estimate of drug-likeness (QED) is 0.221. The predicted molar refractivity (Wildman–Crippen MR) is 102 cm³/mol. The second kappa shape index (κ2) is 11.3. The van der Waals surface area contributed by atoms with Crippen molar-refractivity contribution >= 4 is 14.8 Å². The van der Waals surface area contributed by atoms with E-state index in [9.17, 15) is 13.6 Å². The summed E-state index contributed by atoms with van der Waals surface area (Å²) in [6.07, 6.45) is 8.58. The van der Waals surface area contributed by atoms with Gasteiger partial charge < -0.3 is 9.47 Å². The summed E-state index contributed by atoms with van der Waals surface area (Å²) >= 11 is 0. The van der Waals surface area contributed by atoms with Crippen molar-refractivity contribution in [2.75, 3.05) is 0 Å². The van der Waals surface area contributed by atoms with Gasteiger partial charge in [-0.2, -0.15) is 8.78 Å². The first-order valence-electron chi connectivity index (χ1n) is 9.85. The van der Waals surface area contributed by atoms with Crippen LogP contribution in [0.2, 0.25) is 18.1 Å².